The van der Waals surface area contributed by atoms with Gasteiger partial charge in [0.15, 0.2) is 0 Å². The van der Waals surface area contributed by atoms with Gasteiger partial charge in [0.1, 0.15) is 0 Å². The normalized spacial score (nSPS) is 16.8. The number of benzene rings is 2. The van der Waals surface area contributed by atoms with Crippen LogP contribution in [0.4, 0.5) is 11.4 Å². The van der Waals surface area contributed by atoms with Gasteiger partial charge in [0.2, 0.25) is 11.7 Å². The van der Waals surface area contributed by atoms with Crippen LogP contribution in [0.25, 0.3) is 11.4 Å². The molecule has 0 atom stereocenters. The van der Waals surface area contributed by atoms with E-state index < -0.39 is 4.92 Å². The number of non-ortho nitro benzene ring substituents is 1. The van der Waals surface area contributed by atoms with E-state index in [4.69, 9.17) is 4.52 Å². The van der Waals surface area contributed by atoms with E-state index in [1.54, 1.807) is 11.0 Å². The van der Waals surface area contributed by atoms with Crippen molar-refractivity contribution in [3.05, 3.63) is 69.6 Å². The first-order valence-electron chi connectivity index (χ1n) is 12.4. The van der Waals surface area contributed by atoms with Gasteiger partial charge in [-0.25, -0.2) is 0 Å². The lowest BCUT2D eigenvalue weighted by molar-refractivity contribution is -0.384. The molecule has 0 unspecified atom stereocenters. The number of piperidine rings is 1. The largest absolute Gasteiger partial charge is 0.371 e. The number of aromatic nitrogens is 2. The molecular formula is C26H30N6O4. The summed E-state index contributed by atoms with van der Waals surface area (Å²) in [6.07, 6.45) is 3.29. The van der Waals surface area contributed by atoms with Crippen molar-refractivity contribution in [2.24, 2.45) is 0 Å². The molecule has 10 nitrogen and oxygen atoms in total. The summed E-state index contributed by atoms with van der Waals surface area (Å²) in [5.74, 6) is 0.963. The molecule has 1 aromatic heterocycles. The number of hydrogen-bond acceptors (Lipinski definition) is 8. The highest BCUT2D eigenvalue weighted by Gasteiger charge is 2.28. The molecule has 0 radical (unpaired) electrons. The average Bonchev–Trinajstić information content (AvgIpc) is 3.37. The lowest BCUT2D eigenvalue weighted by Crippen LogP contribution is -2.48. The van der Waals surface area contributed by atoms with Gasteiger partial charge in [0.25, 0.3) is 11.6 Å². The lowest BCUT2D eigenvalue weighted by Gasteiger charge is -2.35. The number of hydrogen-bond donors (Lipinski definition) is 0. The minimum absolute atomic E-state index is 0.0569. The highest BCUT2D eigenvalue weighted by Crippen LogP contribution is 2.29. The van der Waals surface area contributed by atoms with Crippen molar-refractivity contribution >= 4 is 17.3 Å². The molecule has 3 heterocycles. The van der Waals surface area contributed by atoms with Crippen LogP contribution in [0.15, 0.2) is 47.0 Å². The van der Waals surface area contributed by atoms with Crippen LogP contribution < -0.4 is 4.90 Å². The Morgan fingerprint density at radius 1 is 1.03 bits per heavy atom. The van der Waals surface area contributed by atoms with Gasteiger partial charge < -0.3 is 14.3 Å². The molecule has 2 aliphatic rings. The monoisotopic (exact) mass is 490 g/mol. The number of amides is 1. The molecule has 5 rings (SSSR count). The van der Waals surface area contributed by atoms with Gasteiger partial charge in [-0.3, -0.25) is 19.8 Å². The minimum Gasteiger partial charge on any atom is -0.371 e. The maximum Gasteiger partial charge on any atom is 0.270 e. The Hall–Kier alpha value is -3.79. The number of carbonyl (C=O) groups is 1. The summed E-state index contributed by atoms with van der Waals surface area (Å²) in [5.41, 5.74) is 3.19. The van der Waals surface area contributed by atoms with Crippen LogP contribution in [-0.4, -0.2) is 70.0 Å². The van der Waals surface area contributed by atoms with Crippen LogP contribution >= 0.6 is 0 Å². The van der Waals surface area contributed by atoms with Crippen molar-refractivity contribution in [1.82, 2.24) is 19.9 Å². The van der Waals surface area contributed by atoms with Crippen LogP contribution in [0.5, 0.6) is 0 Å². The SMILES string of the molecule is Cc1ccccc1-c1noc(CN2CCN(C(=O)c3cc([N+](=O)[O-])ccc3N3CCCCC3)CC2)n1. The van der Waals surface area contributed by atoms with E-state index in [1.165, 1.54) is 18.6 Å². The molecule has 188 valence electrons. The fourth-order valence-corrected chi connectivity index (χ4v) is 4.94. The molecule has 1 amide bonds. The standard InChI is InChI=1S/C26H30N6O4/c1-19-7-3-4-8-21(19)25-27-24(36-28-25)18-29-13-15-31(16-14-29)26(33)22-17-20(32(34)35)9-10-23(22)30-11-5-2-6-12-30/h3-4,7-10,17H,2,5-6,11-16,18H2,1H3. The first-order chi connectivity index (χ1) is 17.5. The third-order valence-corrected chi connectivity index (χ3v) is 6.99. The minimum atomic E-state index is -0.440. The summed E-state index contributed by atoms with van der Waals surface area (Å²) in [5, 5.41) is 15.5. The summed E-state index contributed by atoms with van der Waals surface area (Å²) in [6.45, 7) is 6.61. The lowest BCUT2D eigenvalue weighted by atomic mass is 10.0. The summed E-state index contributed by atoms with van der Waals surface area (Å²) >= 11 is 0. The highest BCUT2D eigenvalue weighted by atomic mass is 16.6. The second kappa shape index (κ2) is 10.4. The highest BCUT2D eigenvalue weighted by molar-refractivity contribution is 6.00. The van der Waals surface area contributed by atoms with Crippen LogP contribution in [-0.2, 0) is 6.54 Å². The molecule has 10 heteroatoms. The van der Waals surface area contributed by atoms with Gasteiger partial charge >= 0.3 is 0 Å². The van der Waals surface area contributed by atoms with Crippen molar-refractivity contribution in [3.8, 4) is 11.4 Å². The zero-order valence-electron chi connectivity index (χ0n) is 20.4. The van der Waals surface area contributed by atoms with E-state index >= 15 is 0 Å². The fourth-order valence-electron chi connectivity index (χ4n) is 4.94. The van der Waals surface area contributed by atoms with Crippen molar-refractivity contribution in [1.29, 1.82) is 0 Å². The summed E-state index contributed by atoms with van der Waals surface area (Å²) < 4.78 is 5.49. The number of nitro benzene ring substituents is 1. The summed E-state index contributed by atoms with van der Waals surface area (Å²) in [6, 6.07) is 12.6. The van der Waals surface area contributed by atoms with Gasteiger partial charge in [-0.05, 0) is 37.8 Å². The number of aryl methyl sites for hydroxylation is 1. The van der Waals surface area contributed by atoms with Gasteiger partial charge in [-0.2, -0.15) is 4.98 Å². The number of nitro groups is 1. The van der Waals surface area contributed by atoms with Crippen molar-refractivity contribution in [2.75, 3.05) is 44.2 Å². The third-order valence-electron chi connectivity index (χ3n) is 6.99. The van der Waals surface area contributed by atoms with Crippen LogP contribution in [0, 0.1) is 17.0 Å². The molecular weight excluding hydrogens is 460 g/mol. The Kier molecular flexibility index (Phi) is 6.95. The van der Waals surface area contributed by atoms with Gasteiger partial charge in [-0.1, -0.05) is 29.4 Å². The van der Waals surface area contributed by atoms with Crippen LogP contribution in [0.2, 0.25) is 0 Å². The van der Waals surface area contributed by atoms with E-state index in [9.17, 15) is 14.9 Å². The van der Waals surface area contributed by atoms with Gasteiger partial charge in [0, 0.05) is 57.0 Å². The van der Waals surface area contributed by atoms with Crippen LogP contribution in [0.3, 0.4) is 0 Å². The Bertz CT molecular complexity index is 1240. The molecule has 2 aromatic carbocycles. The average molecular weight is 491 g/mol. The first-order valence-corrected chi connectivity index (χ1v) is 12.4. The van der Waals surface area contributed by atoms with E-state index in [-0.39, 0.29) is 11.6 Å². The molecule has 2 saturated heterocycles. The topological polar surface area (TPSA) is 109 Å². The van der Waals surface area contributed by atoms with E-state index in [2.05, 4.69) is 19.9 Å². The summed E-state index contributed by atoms with van der Waals surface area (Å²) in [7, 11) is 0. The molecule has 0 aliphatic carbocycles. The predicted octanol–water partition coefficient (Wildman–Crippen LogP) is 3.90. The maximum absolute atomic E-state index is 13.5. The van der Waals surface area contributed by atoms with Crippen molar-refractivity contribution < 1.29 is 14.2 Å². The van der Waals surface area contributed by atoms with E-state index in [0.29, 0.717) is 50.0 Å². The molecule has 36 heavy (non-hydrogen) atoms. The quantitative estimate of drug-likeness (QED) is 0.378. The Morgan fingerprint density at radius 2 is 1.78 bits per heavy atom. The molecule has 2 fully saturated rings. The zero-order valence-corrected chi connectivity index (χ0v) is 20.4. The van der Waals surface area contributed by atoms with Crippen molar-refractivity contribution in [2.45, 2.75) is 32.7 Å². The predicted molar refractivity (Wildman–Crippen MR) is 135 cm³/mol. The van der Waals surface area contributed by atoms with E-state index in [1.807, 2.05) is 31.2 Å². The van der Waals surface area contributed by atoms with Crippen molar-refractivity contribution in [3.63, 3.8) is 0 Å². The van der Waals surface area contributed by atoms with Crippen LogP contribution in [0.1, 0.15) is 41.1 Å². The zero-order chi connectivity index (χ0) is 25.1. The maximum atomic E-state index is 13.5. The summed E-state index contributed by atoms with van der Waals surface area (Å²) in [4.78, 5) is 35.2. The molecule has 3 aromatic rings. The van der Waals surface area contributed by atoms with Gasteiger partial charge in [-0.15, -0.1) is 0 Å². The first kappa shape index (κ1) is 23.9. The fraction of sp³-hybridized carbons (Fsp3) is 0.423. The molecule has 0 spiro atoms. The number of piperazine rings is 1. The van der Waals surface area contributed by atoms with Gasteiger partial charge in [0.05, 0.1) is 22.7 Å². The third kappa shape index (κ3) is 5.08. The number of carbonyl (C=O) groups excluding carboxylic acids is 1. The number of nitrogens with zero attached hydrogens (tertiary/aromatic N) is 6. The van der Waals surface area contributed by atoms with E-state index in [0.717, 1.165) is 42.7 Å². The Balaban J connectivity index is 1.25. The molecule has 0 N–H and O–H groups in total. The molecule has 0 saturated carbocycles. The number of rotatable bonds is 6. The smallest absolute Gasteiger partial charge is 0.270 e. The molecule has 0 bridgehead atoms. The second-order valence-corrected chi connectivity index (χ2v) is 9.40. The molecule has 2 aliphatic heterocycles. The Labute approximate surface area is 209 Å². The second-order valence-electron chi connectivity index (χ2n) is 9.40. The number of anilines is 1. The Morgan fingerprint density at radius 3 is 2.50 bits per heavy atom.